The van der Waals surface area contributed by atoms with E-state index in [1.165, 1.54) is 0 Å². The van der Waals surface area contributed by atoms with E-state index >= 15 is 0 Å². The highest BCUT2D eigenvalue weighted by molar-refractivity contribution is 5.72. The van der Waals surface area contributed by atoms with Crippen molar-refractivity contribution in [2.24, 2.45) is 0 Å². The fourth-order valence-electron chi connectivity index (χ4n) is 1.59. The molecule has 0 unspecified atom stereocenters. The molecular formula is C15H17F3O4. The van der Waals surface area contributed by atoms with Crippen molar-refractivity contribution < 1.29 is 32.2 Å². The summed E-state index contributed by atoms with van der Waals surface area (Å²) >= 11 is 0. The van der Waals surface area contributed by atoms with Crippen molar-refractivity contribution in [1.82, 2.24) is 0 Å². The van der Waals surface area contributed by atoms with Gasteiger partial charge in [0, 0.05) is 12.8 Å². The maximum absolute atomic E-state index is 13.0. The van der Waals surface area contributed by atoms with Crippen LogP contribution in [0.2, 0.25) is 0 Å². The number of hydrogen-bond donors (Lipinski definition) is 0. The van der Waals surface area contributed by atoms with Gasteiger partial charge in [-0.3, -0.25) is 9.59 Å². The molecule has 122 valence electrons. The molecule has 0 bridgehead atoms. The van der Waals surface area contributed by atoms with Gasteiger partial charge in [0.15, 0.2) is 17.5 Å². The Morgan fingerprint density at radius 2 is 1.55 bits per heavy atom. The fraction of sp³-hybridized carbons (Fsp3) is 0.467. The predicted molar refractivity (Wildman–Crippen MR) is 71.2 cm³/mol. The summed E-state index contributed by atoms with van der Waals surface area (Å²) in [7, 11) is 0. The second-order valence-corrected chi connectivity index (χ2v) is 4.61. The highest BCUT2D eigenvalue weighted by Crippen LogP contribution is 2.14. The third kappa shape index (κ3) is 6.15. The maximum atomic E-state index is 13.0. The third-order valence-corrected chi connectivity index (χ3v) is 2.67. The van der Waals surface area contributed by atoms with Crippen LogP contribution in [0, 0.1) is 17.5 Å². The Kier molecular flexibility index (Phi) is 7.42. The van der Waals surface area contributed by atoms with Crippen LogP contribution in [0.15, 0.2) is 12.1 Å². The van der Waals surface area contributed by atoms with E-state index in [4.69, 9.17) is 9.47 Å². The van der Waals surface area contributed by atoms with Crippen molar-refractivity contribution in [2.45, 2.75) is 39.2 Å². The standard InChI is InChI=1S/C15H17F3O4/c1-2-6-21-13(19)4-3-5-14(20)22-9-10-7-11(16)15(18)12(17)8-10/h7-8H,2-6,9H2,1H3. The predicted octanol–water partition coefficient (Wildman–Crippen LogP) is 3.27. The number of carbonyl (C=O) groups excluding carboxylic acids is 2. The Balaban J connectivity index is 2.30. The molecule has 0 aromatic heterocycles. The SMILES string of the molecule is CCCOC(=O)CCCC(=O)OCc1cc(F)c(F)c(F)c1. The van der Waals surface area contributed by atoms with Gasteiger partial charge in [-0.05, 0) is 30.5 Å². The Bertz CT molecular complexity index is 509. The smallest absolute Gasteiger partial charge is 0.306 e. The van der Waals surface area contributed by atoms with Crippen molar-refractivity contribution in [3.05, 3.63) is 35.1 Å². The van der Waals surface area contributed by atoms with Crippen LogP contribution < -0.4 is 0 Å². The molecule has 0 saturated carbocycles. The quantitative estimate of drug-likeness (QED) is 0.545. The summed E-state index contributed by atoms with van der Waals surface area (Å²) in [6.45, 7) is 1.84. The summed E-state index contributed by atoms with van der Waals surface area (Å²) in [6, 6.07) is 1.52. The van der Waals surface area contributed by atoms with Crippen LogP contribution >= 0.6 is 0 Å². The minimum atomic E-state index is -1.57. The van der Waals surface area contributed by atoms with Crippen LogP contribution in [0.1, 0.15) is 38.2 Å². The van der Waals surface area contributed by atoms with Gasteiger partial charge in [-0.15, -0.1) is 0 Å². The van der Waals surface area contributed by atoms with E-state index in [9.17, 15) is 22.8 Å². The van der Waals surface area contributed by atoms with Crippen molar-refractivity contribution in [3.8, 4) is 0 Å². The zero-order valence-corrected chi connectivity index (χ0v) is 12.2. The summed E-state index contributed by atoms with van der Waals surface area (Å²) < 4.78 is 48.3. The van der Waals surface area contributed by atoms with Gasteiger partial charge < -0.3 is 9.47 Å². The molecule has 4 nitrogen and oxygen atoms in total. The number of hydrogen-bond acceptors (Lipinski definition) is 4. The molecule has 0 aliphatic carbocycles. The first-order valence-electron chi connectivity index (χ1n) is 6.88. The second-order valence-electron chi connectivity index (χ2n) is 4.61. The molecule has 0 amide bonds. The maximum Gasteiger partial charge on any atom is 0.306 e. The van der Waals surface area contributed by atoms with Gasteiger partial charge in [0.05, 0.1) is 6.61 Å². The lowest BCUT2D eigenvalue weighted by Crippen LogP contribution is -2.09. The number of benzene rings is 1. The molecule has 1 rings (SSSR count). The van der Waals surface area contributed by atoms with Gasteiger partial charge in [-0.25, -0.2) is 13.2 Å². The summed E-state index contributed by atoms with van der Waals surface area (Å²) in [5.41, 5.74) is 0.00658. The lowest BCUT2D eigenvalue weighted by Gasteiger charge is -2.06. The van der Waals surface area contributed by atoms with Crippen LogP contribution in [-0.2, 0) is 25.7 Å². The molecule has 0 N–H and O–H groups in total. The third-order valence-electron chi connectivity index (χ3n) is 2.67. The highest BCUT2D eigenvalue weighted by atomic mass is 19.2. The van der Waals surface area contributed by atoms with Crippen molar-refractivity contribution in [2.75, 3.05) is 6.61 Å². The van der Waals surface area contributed by atoms with Gasteiger partial charge >= 0.3 is 11.9 Å². The molecule has 0 radical (unpaired) electrons. The number of halogens is 3. The fourth-order valence-corrected chi connectivity index (χ4v) is 1.59. The van der Waals surface area contributed by atoms with Crippen LogP contribution in [0.3, 0.4) is 0 Å². The molecule has 22 heavy (non-hydrogen) atoms. The van der Waals surface area contributed by atoms with Gasteiger partial charge in [-0.2, -0.15) is 0 Å². The second kappa shape index (κ2) is 9.07. The molecular weight excluding hydrogens is 301 g/mol. The number of rotatable bonds is 8. The summed E-state index contributed by atoms with van der Waals surface area (Å²) in [5, 5.41) is 0. The highest BCUT2D eigenvalue weighted by Gasteiger charge is 2.12. The van der Waals surface area contributed by atoms with E-state index in [0.717, 1.165) is 18.6 Å². The Hall–Kier alpha value is -2.05. The topological polar surface area (TPSA) is 52.6 Å². The van der Waals surface area contributed by atoms with E-state index < -0.39 is 29.4 Å². The molecule has 1 aromatic rings. The lowest BCUT2D eigenvalue weighted by molar-refractivity contribution is -0.146. The van der Waals surface area contributed by atoms with E-state index in [-0.39, 0.29) is 31.4 Å². The number of carbonyl (C=O) groups is 2. The Morgan fingerprint density at radius 3 is 2.09 bits per heavy atom. The van der Waals surface area contributed by atoms with E-state index in [2.05, 4.69) is 0 Å². The average molecular weight is 318 g/mol. The molecule has 0 saturated heterocycles. The molecule has 0 aliphatic rings. The first-order valence-corrected chi connectivity index (χ1v) is 6.88. The summed E-state index contributed by atoms with van der Waals surface area (Å²) in [6.07, 6.45) is 1.05. The molecule has 0 heterocycles. The molecule has 0 fully saturated rings. The van der Waals surface area contributed by atoms with Crippen LogP contribution in [-0.4, -0.2) is 18.5 Å². The first kappa shape index (κ1) is 18.0. The van der Waals surface area contributed by atoms with Gasteiger partial charge in [0.1, 0.15) is 6.61 Å². The zero-order valence-electron chi connectivity index (χ0n) is 12.2. The first-order chi connectivity index (χ1) is 10.4. The van der Waals surface area contributed by atoms with Crippen molar-refractivity contribution >= 4 is 11.9 Å². The van der Waals surface area contributed by atoms with Crippen molar-refractivity contribution in [1.29, 1.82) is 0 Å². The molecule has 0 aliphatic heterocycles. The monoisotopic (exact) mass is 318 g/mol. The van der Waals surface area contributed by atoms with E-state index in [1.807, 2.05) is 6.92 Å². The minimum absolute atomic E-state index is 0.00658. The molecule has 0 spiro atoms. The number of ether oxygens (including phenoxy) is 2. The van der Waals surface area contributed by atoms with Crippen LogP contribution in [0.5, 0.6) is 0 Å². The molecule has 7 heteroatoms. The summed E-state index contributed by atoms with van der Waals surface area (Å²) in [5.74, 6) is -5.26. The van der Waals surface area contributed by atoms with Crippen LogP contribution in [0.25, 0.3) is 0 Å². The Morgan fingerprint density at radius 1 is 1.00 bits per heavy atom. The molecule has 1 aromatic carbocycles. The Labute approximate surface area is 126 Å². The van der Waals surface area contributed by atoms with E-state index in [1.54, 1.807) is 0 Å². The molecule has 0 atom stereocenters. The summed E-state index contributed by atoms with van der Waals surface area (Å²) in [4.78, 5) is 22.6. The lowest BCUT2D eigenvalue weighted by atomic mass is 10.2. The van der Waals surface area contributed by atoms with Crippen molar-refractivity contribution in [3.63, 3.8) is 0 Å². The minimum Gasteiger partial charge on any atom is -0.466 e. The van der Waals surface area contributed by atoms with E-state index in [0.29, 0.717) is 6.61 Å². The largest absolute Gasteiger partial charge is 0.466 e. The van der Waals surface area contributed by atoms with Gasteiger partial charge in [-0.1, -0.05) is 6.92 Å². The van der Waals surface area contributed by atoms with Crippen LogP contribution in [0.4, 0.5) is 13.2 Å². The average Bonchev–Trinajstić information content (AvgIpc) is 2.48. The number of esters is 2. The van der Waals surface area contributed by atoms with Gasteiger partial charge in [0.25, 0.3) is 0 Å². The normalized spacial score (nSPS) is 10.4. The van der Waals surface area contributed by atoms with Gasteiger partial charge in [0.2, 0.25) is 0 Å². The zero-order chi connectivity index (χ0) is 16.5.